The largest absolute Gasteiger partial charge is 0.384 e. The summed E-state index contributed by atoms with van der Waals surface area (Å²) < 4.78 is 0. The highest BCUT2D eigenvalue weighted by atomic mass is 16.2. The van der Waals surface area contributed by atoms with Gasteiger partial charge in [-0.2, -0.15) is 0 Å². The van der Waals surface area contributed by atoms with E-state index in [1.165, 1.54) is 38.9 Å². The number of nitrogens with one attached hydrogen (secondary N) is 2. The van der Waals surface area contributed by atoms with Crippen molar-refractivity contribution in [3.05, 3.63) is 99.1 Å². The van der Waals surface area contributed by atoms with Gasteiger partial charge >= 0.3 is 0 Å². The molecule has 1 aliphatic rings. The Bertz CT molecular complexity index is 1130. The van der Waals surface area contributed by atoms with Gasteiger partial charge in [-0.3, -0.25) is 4.79 Å². The molecule has 1 amide bonds. The van der Waals surface area contributed by atoms with Crippen molar-refractivity contribution in [2.75, 3.05) is 11.9 Å². The van der Waals surface area contributed by atoms with Gasteiger partial charge in [0.2, 0.25) is 5.91 Å². The topological polar surface area (TPSA) is 67.2 Å². The quantitative estimate of drug-likeness (QED) is 0.501. The summed E-state index contributed by atoms with van der Waals surface area (Å²) in [5.41, 5.74) is 17.3. The van der Waals surface area contributed by atoms with E-state index in [1.54, 1.807) is 0 Å². The molecule has 33 heavy (non-hydrogen) atoms. The molecule has 1 aliphatic heterocycles. The van der Waals surface area contributed by atoms with Crippen LogP contribution in [0.3, 0.4) is 0 Å². The minimum Gasteiger partial charge on any atom is -0.384 e. The van der Waals surface area contributed by atoms with Gasteiger partial charge in [0.25, 0.3) is 0 Å². The summed E-state index contributed by atoms with van der Waals surface area (Å²) in [5.74, 6) is -0.0849. The van der Waals surface area contributed by atoms with Crippen molar-refractivity contribution < 1.29 is 4.79 Å². The summed E-state index contributed by atoms with van der Waals surface area (Å²) in [6.07, 6.45) is 2.28. The van der Waals surface area contributed by atoms with Gasteiger partial charge in [0.05, 0.1) is 12.1 Å². The van der Waals surface area contributed by atoms with Crippen LogP contribution >= 0.6 is 0 Å². The summed E-state index contributed by atoms with van der Waals surface area (Å²) in [6.45, 7) is 9.26. The Morgan fingerprint density at radius 3 is 2.39 bits per heavy atom. The molecule has 0 bridgehead atoms. The number of carbonyl (C=O) groups is 1. The fourth-order valence-electron chi connectivity index (χ4n) is 5.11. The van der Waals surface area contributed by atoms with E-state index in [4.69, 9.17) is 5.73 Å². The van der Waals surface area contributed by atoms with Crippen LogP contribution < -0.4 is 16.4 Å². The molecule has 4 N–H and O–H groups in total. The summed E-state index contributed by atoms with van der Waals surface area (Å²) in [4.78, 5) is 13.1. The van der Waals surface area contributed by atoms with Gasteiger partial charge in [0.1, 0.15) is 0 Å². The van der Waals surface area contributed by atoms with Gasteiger partial charge in [-0.1, -0.05) is 60.2 Å². The molecule has 2 unspecified atom stereocenters. The smallest absolute Gasteiger partial charge is 0.237 e. The number of rotatable bonds is 6. The molecule has 0 saturated carbocycles. The SMILES string of the molecule is Cc1cc(C)c(CC(N)C(=O)NC2CCNc3c(C)cc(Cc4ccccc4)cc32)c(C)c1. The highest BCUT2D eigenvalue weighted by Gasteiger charge is 2.26. The minimum atomic E-state index is -0.572. The van der Waals surface area contributed by atoms with E-state index in [9.17, 15) is 4.79 Å². The average molecular weight is 442 g/mol. The molecule has 0 spiro atoms. The van der Waals surface area contributed by atoms with E-state index >= 15 is 0 Å². The molecule has 0 aliphatic carbocycles. The number of anilines is 1. The summed E-state index contributed by atoms with van der Waals surface area (Å²) in [6, 6.07) is 18.7. The summed E-state index contributed by atoms with van der Waals surface area (Å²) >= 11 is 0. The number of amides is 1. The number of benzene rings is 3. The molecule has 0 fully saturated rings. The fraction of sp³-hybridized carbons (Fsp3) is 0.345. The van der Waals surface area contributed by atoms with Crippen LogP contribution in [0, 0.1) is 27.7 Å². The summed E-state index contributed by atoms with van der Waals surface area (Å²) in [5, 5.41) is 6.79. The summed E-state index contributed by atoms with van der Waals surface area (Å²) in [7, 11) is 0. The normalized spacial score (nSPS) is 16.0. The number of nitrogens with two attached hydrogens (primary N) is 1. The van der Waals surface area contributed by atoms with Crippen molar-refractivity contribution in [1.29, 1.82) is 0 Å². The third-order valence-corrected chi connectivity index (χ3v) is 6.70. The maximum Gasteiger partial charge on any atom is 0.237 e. The first-order valence-corrected chi connectivity index (χ1v) is 11.9. The van der Waals surface area contributed by atoms with Gasteiger partial charge in [-0.05, 0) is 85.9 Å². The zero-order valence-electron chi connectivity index (χ0n) is 20.2. The van der Waals surface area contributed by atoms with Crippen molar-refractivity contribution in [2.45, 2.75) is 59.0 Å². The van der Waals surface area contributed by atoms with Crippen LogP contribution in [-0.2, 0) is 17.6 Å². The molecule has 3 aromatic rings. The minimum absolute atomic E-state index is 0.0329. The van der Waals surface area contributed by atoms with Crippen molar-refractivity contribution in [1.82, 2.24) is 5.32 Å². The van der Waals surface area contributed by atoms with Crippen molar-refractivity contribution in [2.24, 2.45) is 5.73 Å². The molecule has 1 heterocycles. The van der Waals surface area contributed by atoms with Crippen LogP contribution in [0.1, 0.15) is 57.0 Å². The predicted molar refractivity (Wildman–Crippen MR) is 137 cm³/mol. The highest BCUT2D eigenvalue weighted by molar-refractivity contribution is 5.83. The Balaban J connectivity index is 1.52. The highest BCUT2D eigenvalue weighted by Crippen LogP contribution is 2.34. The van der Waals surface area contributed by atoms with Crippen molar-refractivity contribution in [3.63, 3.8) is 0 Å². The number of hydrogen-bond donors (Lipinski definition) is 3. The van der Waals surface area contributed by atoms with Crippen LogP contribution in [0.4, 0.5) is 5.69 Å². The lowest BCUT2D eigenvalue weighted by Gasteiger charge is -2.30. The molecule has 4 nitrogen and oxygen atoms in total. The lowest BCUT2D eigenvalue weighted by Crippen LogP contribution is -2.45. The van der Waals surface area contributed by atoms with Crippen molar-refractivity contribution >= 4 is 11.6 Å². The first-order chi connectivity index (χ1) is 15.8. The molecule has 3 aromatic carbocycles. The lowest BCUT2D eigenvalue weighted by atomic mass is 9.90. The zero-order chi connectivity index (χ0) is 23.5. The molecule has 4 rings (SSSR count). The molecule has 2 atom stereocenters. The van der Waals surface area contributed by atoms with Gasteiger partial charge in [0, 0.05) is 12.2 Å². The van der Waals surface area contributed by atoms with Crippen LogP contribution in [-0.4, -0.2) is 18.5 Å². The van der Waals surface area contributed by atoms with E-state index in [0.29, 0.717) is 6.42 Å². The number of carbonyl (C=O) groups excluding carboxylic acids is 1. The number of fused-ring (bicyclic) bond motifs is 1. The lowest BCUT2D eigenvalue weighted by molar-refractivity contribution is -0.123. The second-order valence-corrected chi connectivity index (χ2v) is 9.50. The second-order valence-electron chi connectivity index (χ2n) is 9.50. The van der Waals surface area contributed by atoms with E-state index in [-0.39, 0.29) is 11.9 Å². The monoisotopic (exact) mass is 441 g/mol. The van der Waals surface area contributed by atoms with Gasteiger partial charge in [-0.25, -0.2) is 0 Å². The molecule has 172 valence electrons. The van der Waals surface area contributed by atoms with Gasteiger partial charge in [0.15, 0.2) is 0 Å². The Hall–Kier alpha value is -3.11. The van der Waals surface area contributed by atoms with Gasteiger partial charge in [-0.15, -0.1) is 0 Å². The molecular formula is C29H35N3O. The Morgan fingerprint density at radius 2 is 1.70 bits per heavy atom. The average Bonchev–Trinajstić information content (AvgIpc) is 2.77. The number of hydrogen-bond acceptors (Lipinski definition) is 3. The van der Waals surface area contributed by atoms with Crippen LogP contribution in [0.25, 0.3) is 0 Å². The second kappa shape index (κ2) is 9.80. The van der Waals surface area contributed by atoms with E-state index in [1.807, 2.05) is 6.07 Å². The zero-order valence-corrected chi connectivity index (χ0v) is 20.2. The maximum absolute atomic E-state index is 13.1. The first-order valence-electron chi connectivity index (χ1n) is 11.9. The fourth-order valence-corrected chi connectivity index (χ4v) is 5.11. The van der Waals surface area contributed by atoms with E-state index in [2.05, 4.69) is 86.9 Å². The Kier molecular flexibility index (Phi) is 6.85. The third kappa shape index (κ3) is 5.28. The molecular weight excluding hydrogens is 406 g/mol. The molecule has 0 saturated heterocycles. The van der Waals surface area contributed by atoms with Crippen LogP contribution in [0.2, 0.25) is 0 Å². The molecule has 0 aromatic heterocycles. The molecule has 0 radical (unpaired) electrons. The Morgan fingerprint density at radius 1 is 1.00 bits per heavy atom. The molecule has 4 heteroatoms. The van der Waals surface area contributed by atoms with E-state index < -0.39 is 6.04 Å². The van der Waals surface area contributed by atoms with E-state index in [0.717, 1.165) is 30.6 Å². The van der Waals surface area contributed by atoms with Crippen LogP contribution in [0.5, 0.6) is 0 Å². The Labute approximate surface area is 197 Å². The maximum atomic E-state index is 13.1. The van der Waals surface area contributed by atoms with Crippen molar-refractivity contribution in [3.8, 4) is 0 Å². The first kappa shape index (κ1) is 23.1. The van der Waals surface area contributed by atoms with Gasteiger partial charge < -0.3 is 16.4 Å². The predicted octanol–water partition coefficient (Wildman–Crippen LogP) is 5.05. The standard InChI is InChI=1S/C29H35N3O/c1-18-12-19(2)24(20(3)13-18)17-26(30)29(33)32-27-10-11-31-28-21(4)14-23(16-25(27)28)15-22-8-6-5-7-9-22/h5-9,12-14,16,26-27,31H,10-11,15,17,30H2,1-4H3,(H,32,33). The number of aryl methyl sites for hydroxylation is 4. The van der Waals surface area contributed by atoms with Crippen LogP contribution in [0.15, 0.2) is 54.6 Å². The third-order valence-electron chi connectivity index (χ3n) is 6.70.